The second-order valence-corrected chi connectivity index (χ2v) is 5.61. The molecule has 0 atom stereocenters. The minimum atomic E-state index is -0.146. The van der Waals surface area contributed by atoms with Gasteiger partial charge in [0.05, 0.1) is 35.9 Å². The molecule has 3 rings (SSSR count). The quantitative estimate of drug-likeness (QED) is 0.784. The van der Waals surface area contributed by atoms with Crippen molar-refractivity contribution in [2.75, 3.05) is 0 Å². The zero-order chi connectivity index (χ0) is 16.2. The molecule has 0 aliphatic rings. The molecule has 0 aliphatic heterocycles. The number of nitrogens with one attached hydrogen (secondary N) is 1. The predicted octanol–water partition coefficient (Wildman–Crippen LogP) is 3.52. The highest BCUT2D eigenvalue weighted by Gasteiger charge is 2.20. The van der Waals surface area contributed by atoms with E-state index in [2.05, 4.69) is 24.3 Å². The average Bonchev–Trinajstić information content (AvgIpc) is 3.22. The van der Waals surface area contributed by atoms with Crippen LogP contribution >= 0.6 is 0 Å². The smallest absolute Gasteiger partial charge is 0.255 e. The zero-order valence-corrected chi connectivity index (χ0v) is 13.2. The van der Waals surface area contributed by atoms with E-state index in [1.54, 1.807) is 18.5 Å². The molecule has 0 fully saturated rings. The Morgan fingerprint density at radius 2 is 2.00 bits per heavy atom. The summed E-state index contributed by atoms with van der Waals surface area (Å²) in [7, 11) is 0. The third-order valence-corrected chi connectivity index (χ3v) is 3.60. The van der Waals surface area contributed by atoms with Gasteiger partial charge in [-0.25, -0.2) is 4.68 Å². The number of para-hydroxylation sites is 1. The van der Waals surface area contributed by atoms with Crippen LogP contribution in [-0.4, -0.2) is 15.7 Å². The van der Waals surface area contributed by atoms with Crippen LogP contribution in [0.15, 0.2) is 59.3 Å². The van der Waals surface area contributed by atoms with Crippen LogP contribution in [0.4, 0.5) is 0 Å². The van der Waals surface area contributed by atoms with Gasteiger partial charge in [-0.1, -0.05) is 32.0 Å². The van der Waals surface area contributed by atoms with Crippen LogP contribution in [0, 0.1) is 0 Å². The average molecular weight is 309 g/mol. The molecule has 2 heterocycles. The van der Waals surface area contributed by atoms with Gasteiger partial charge in [0.2, 0.25) is 0 Å². The Morgan fingerprint density at radius 3 is 2.65 bits per heavy atom. The number of rotatable bonds is 5. The second kappa shape index (κ2) is 6.52. The number of nitrogens with zero attached hydrogens (tertiary/aromatic N) is 2. The fraction of sp³-hybridized carbons (Fsp3) is 0.222. The molecule has 5 nitrogen and oxygen atoms in total. The largest absolute Gasteiger partial charge is 0.467 e. The van der Waals surface area contributed by atoms with Gasteiger partial charge in [0.15, 0.2) is 0 Å². The lowest BCUT2D eigenvalue weighted by atomic mass is 10.0. The van der Waals surface area contributed by atoms with Crippen molar-refractivity contribution in [1.82, 2.24) is 15.1 Å². The fourth-order valence-electron chi connectivity index (χ4n) is 2.54. The molecule has 0 radical (unpaired) electrons. The minimum absolute atomic E-state index is 0.146. The summed E-state index contributed by atoms with van der Waals surface area (Å²) >= 11 is 0. The summed E-state index contributed by atoms with van der Waals surface area (Å²) < 4.78 is 7.06. The summed E-state index contributed by atoms with van der Waals surface area (Å²) in [5.74, 6) is 0.745. The first kappa shape index (κ1) is 15.1. The maximum Gasteiger partial charge on any atom is 0.255 e. The Hall–Kier alpha value is -2.82. The molecular formula is C18H19N3O2. The van der Waals surface area contributed by atoms with Crippen molar-refractivity contribution in [2.45, 2.75) is 26.3 Å². The lowest BCUT2D eigenvalue weighted by molar-refractivity contribution is 0.0946. The molecule has 1 N–H and O–H groups in total. The van der Waals surface area contributed by atoms with Crippen molar-refractivity contribution in [3.63, 3.8) is 0 Å². The van der Waals surface area contributed by atoms with E-state index in [9.17, 15) is 4.79 Å². The van der Waals surface area contributed by atoms with Crippen LogP contribution in [0.5, 0.6) is 0 Å². The van der Waals surface area contributed by atoms with Crippen molar-refractivity contribution in [1.29, 1.82) is 0 Å². The molecule has 0 saturated carbocycles. The monoisotopic (exact) mass is 309 g/mol. The Balaban J connectivity index is 1.87. The predicted molar refractivity (Wildman–Crippen MR) is 87.5 cm³/mol. The van der Waals surface area contributed by atoms with Gasteiger partial charge in [0.1, 0.15) is 5.76 Å². The highest BCUT2D eigenvalue weighted by atomic mass is 16.3. The fourth-order valence-corrected chi connectivity index (χ4v) is 2.54. The normalized spacial score (nSPS) is 10.9. The lowest BCUT2D eigenvalue weighted by Crippen LogP contribution is -2.24. The summed E-state index contributed by atoms with van der Waals surface area (Å²) in [4.78, 5) is 12.5. The van der Waals surface area contributed by atoms with Crippen LogP contribution in [0.2, 0.25) is 0 Å². The number of hydrogen-bond acceptors (Lipinski definition) is 3. The molecular weight excluding hydrogens is 290 g/mol. The topological polar surface area (TPSA) is 60.1 Å². The van der Waals surface area contributed by atoms with Crippen LogP contribution in [-0.2, 0) is 6.54 Å². The van der Waals surface area contributed by atoms with E-state index in [1.165, 1.54) is 0 Å². The van der Waals surface area contributed by atoms with Crippen molar-refractivity contribution in [3.05, 3.63) is 71.9 Å². The summed E-state index contributed by atoms with van der Waals surface area (Å²) in [6, 6.07) is 13.5. The number of carbonyl (C=O) groups excluding carboxylic acids is 1. The summed E-state index contributed by atoms with van der Waals surface area (Å²) in [5, 5.41) is 7.28. The molecule has 5 heteroatoms. The molecule has 0 saturated heterocycles. The Morgan fingerprint density at radius 1 is 1.22 bits per heavy atom. The molecule has 3 aromatic rings. The van der Waals surface area contributed by atoms with E-state index in [-0.39, 0.29) is 11.8 Å². The molecule has 0 spiro atoms. The summed E-state index contributed by atoms with van der Waals surface area (Å²) in [6.07, 6.45) is 3.22. The summed E-state index contributed by atoms with van der Waals surface area (Å²) in [6.45, 7) is 4.47. The van der Waals surface area contributed by atoms with Gasteiger partial charge in [0.25, 0.3) is 5.91 Å². The Labute approximate surface area is 134 Å². The van der Waals surface area contributed by atoms with Gasteiger partial charge in [-0.2, -0.15) is 5.10 Å². The van der Waals surface area contributed by atoms with Crippen molar-refractivity contribution in [3.8, 4) is 5.69 Å². The maximum atomic E-state index is 12.5. The van der Waals surface area contributed by atoms with Gasteiger partial charge in [0, 0.05) is 0 Å². The molecule has 0 bridgehead atoms. The van der Waals surface area contributed by atoms with Crippen LogP contribution in [0.1, 0.15) is 41.6 Å². The van der Waals surface area contributed by atoms with Crippen LogP contribution < -0.4 is 5.32 Å². The molecule has 1 amide bonds. The highest BCUT2D eigenvalue weighted by Crippen LogP contribution is 2.23. The molecule has 0 unspecified atom stereocenters. The third-order valence-electron chi connectivity index (χ3n) is 3.60. The van der Waals surface area contributed by atoms with Gasteiger partial charge >= 0.3 is 0 Å². The van der Waals surface area contributed by atoms with Gasteiger partial charge < -0.3 is 9.73 Å². The van der Waals surface area contributed by atoms with E-state index < -0.39 is 0 Å². The third kappa shape index (κ3) is 3.18. The van der Waals surface area contributed by atoms with E-state index in [1.807, 2.05) is 41.1 Å². The van der Waals surface area contributed by atoms with Crippen molar-refractivity contribution in [2.24, 2.45) is 0 Å². The van der Waals surface area contributed by atoms with Gasteiger partial charge in [-0.15, -0.1) is 0 Å². The van der Waals surface area contributed by atoms with Gasteiger partial charge in [-0.05, 0) is 30.2 Å². The van der Waals surface area contributed by atoms with E-state index in [4.69, 9.17) is 4.42 Å². The first-order valence-electron chi connectivity index (χ1n) is 7.60. The van der Waals surface area contributed by atoms with Gasteiger partial charge in [-0.3, -0.25) is 4.79 Å². The van der Waals surface area contributed by atoms with Crippen LogP contribution in [0.25, 0.3) is 5.69 Å². The molecule has 23 heavy (non-hydrogen) atoms. The van der Waals surface area contributed by atoms with E-state index >= 15 is 0 Å². The number of hydrogen-bond donors (Lipinski definition) is 1. The molecule has 0 aliphatic carbocycles. The highest BCUT2D eigenvalue weighted by molar-refractivity contribution is 5.95. The number of aromatic nitrogens is 2. The summed E-state index contributed by atoms with van der Waals surface area (Å²) in [5.41, 5.74) is 2.44. The van der Waals surface area contributed by atoms with Crippen LogP contribution in [0.3, 0.4) is 0 Å². The minimum Gasteiger partial charge on any atom is -0.467 e. The standard InChI is InChI=1S/C18H19N3O2/c1-13(2)17-16(18(22)19-11-15-9-6-10-23-15)12-20-21(17)14-7-4-3-5-8-14/h3-10,12-13H,11H2,1-2H3,(H,19,22). The second-order valence-electron chi connectivity index (χ2n) is 5.61. The Kier molecular flexibility index (Phi) is 4.28. The molecule has 1 aromatic carbocycles. The zero-order valence-electron chi connectivity index (χ0n) is 13.2. The number of carbonyl (C=O) groups is 1. The maximum absolute atomic E-state index is 12.5. The molecule has 2 aromatic heterocycles. The van der Waals surface area contributed by atoms with Crippen molar-refractivity contribution >= 4 is 5.91 Å². The SMILES string of the molecule is CC(C)c1c(C(=O)NCc2ccco2)cnn1-c1ccccc1. The first-order valence-corrected chi connectivity index (χ1v) is 7.60. The van der Waals surface area contributed by atoms with Crippen molar-refractivity contribution < 1.29 is 9.21 Å². The first-order chi connectivity index (χ1) is 11.2. The molecule has 118 valence electrons. The lowest BCUT2D eigenvalue weighted by Gasteiger charge is -2.12. The van der Waals surface area contributed by atoms with E-state index in [0.717, 1.165) is 17.1 Å². The Bertz CT molecular complexity index is 774. The number of furan rings is 1. The number of amides is 1. The number of benzene rings is 1. The van der Waals surface area contributed by atoms with E-state index in [0.29, 0.717) is 12.1 Å².